The van der Waals surface area contributed by atoms with E-state index in [0.717, 1.165) is 19.2 Å². The van der Waals surface area contributed by atoms with Gasteiger partial charge in [-0.3, -0.25) is 0 Å². The lowest BCUT2D eigenvalue weighted by atomic mass is 10.1. The Morgan fingerprint density at radius 2 is 2.06 bits per heavy atom. The van der Waals surface area contributed by atoms with Gasteiger partial charge in [-0.2, -0.15) is 5.26 Å². The van der Waals surface area contributed by atoms with E-state index in [1.54, 1.807) is 28.7 Å². The standard InChI is InChI=1S/C10H5F3INO3/c1-17-9(16)8-5(4-15)2-6(3-7(8)14)18-10(11,12)13/h2-3H,1H3. The molecule has 18 heavy (non-hydrogen) atoms. The zero-order valence-electron chi connectivity index (χ0n) is 8.84. The molecule has 0 bridgehead atoms. The Morgan fingerprint density at radius 3 is 2.50 bits per heavy atom. The van der Waals surface area contributed by atoms with Crippen LogP contribution in [0.1, 0.15) is 15.9 Å². The van der Waals surface area contributed by atoms with Gasteiger partial charge in [-0.1, -0.05) is 0 Å². The average molecular weight is 371 g/mol. The highest BCUT2D eigenvalue weighted by atomic mass is 127. The Hall–Kier alpha value is -1.50. The van der Waals surface area contributed by atoms with Gasteiger partial charge >= 0.3 is 12.3 Å². The van der Waals surface area contributed by atoms with Crippen LogP contribution in [0.3, 0.4) is 0 Å². The normalized spacial score (nSPS) is 10.7. The lowest BCUT2D eigenvalue weighted by Crippen LogP contribution is -2.18. The minimum absolute atomic E-state index is 0.0878. The molecular formula is C10H5F3INO3. The topological polar surface area (TPSA) is 59.3 Å². The molecule has 1 aromatic carbocycles. The van der Waals surface area contributed by atoms with Crippen LogP contribution in [-0.2, 0) is 4.74 Å². The SMILES string of the molecule is COC(=O)c1c(I)cc(OC(F)(F)F)cc1C#N. The summed E-state index contributed by atoms with van der Waals surface area (Å²) in [7, 11) is 1.11. The van der Waals surface area contributed by atoms with Gasteiger partial charge in [-0.05, 0) is 34.7 Å². The van der Waals surface area contributed by atoms with Crippen molar-refractivity contribution < 1.29 is 27.4 Å². The maximum absolute atomic E-state index is 12.0. The Labute approximate surface area is 113 Å². The van der Waals surface area contributed by atoms with E-state index in [-0.39, 0.29) is 14.7 Å². The van der Waals surface area contributed by atoms with Crippen LogP contribution in [0.2, 0.25) is 0 Å². The minimum atomic E-state index is -4.86. The number of hydrogen-bond acceptors (Lipinski definition) is 4. The van der Waals surface area contributed by atoms with E-state index in [4.69, 9.17) is 5.26 Å². The number of alkyl halides is 3. The number of methoxy groups -OCH3 is 1. The lowest BCUT2D eigenvalue weighted by molar-refractivity contribution is -0.274. The van der Waals surface area contributed by atoms with Crippen LogP contribution >= 0.6 is 22.6 Å². The molecule has 0 spiro atoms. The van der Waals surface area contributed by atoms with Crippen LogP contribution < -0.4 is 4.74 Å². The van der Waals surface area contributed by atoms with Crippen molar-refractivity contribution in [3.8, 4) is 11.8 Å². The molecule has 0 aromatic heterocycles. The number of ether oxygens (including phenoxy) is 2. The second kappa shape index (κ2) is 5.43. The molecule has 1 aromatic rings. The van der Waals surface area contributed by atoms with Crippen molar-refractivity contribution in [2.45, 2.75) is 6.36 Å². The third kappa shape index (κ3) is 3.49. The highest BCUT2D eigenvalue weighted by molar-refractivity contribution is 14.1. The second-order valence-electron chi connectivity index (χ2n) is 2.98. The van der Waals surface area contributed by atoms with Crippen LogP contribution in [0.25, 0.3) is 0 Å². The first-order valence-corrected chi connectivity index (χ1v) is 5.44. The van der Waals surface area contributed by atoms with Gasteiger partial charge < -0.3 is 9.47 Å². The van der Waals surface area contributed by atoms with Crippen LogP contribution in [0, 0.1) is 14.9 Å². The maximum atomic E-state index is 12.0. The number of nitrogens with zero attached hydrogens (tertiary/aromatic N) is 1. The summed E-state index contributed by atoms with van der Waals surface area (Å²) in [5, 5.41) is 8.81. The van der Waals surface area contributed by atoms with Crippen molar-refractivity contribution in [2.24, 2.45) is 0 Å². The molecule has 0 N–H and O–H groups in total. The highest BCUT2D eigenvalue weighted by Crippen LogP contribution is 2.28. The van der Waals surface area contributed by atoms with Crippen molar-refractivity contribution in [3.63, 3.8) is 0 Å². The Bertz CT molecular complexity index is 522. The molecule has 0 aliphatic heterocycles. The van der Waals surface area contributed by atoms with E-state index >= 15 is 0 Å². The summed E-state index contributed by atoms with van der Waals surface area (Å²) < 4.78 is 44.4. The van der Waals surface area contributed by atoms with E-state index < -0.39 is 18.1 Å². The number of rotatable bonds is 2. The molecule has 0 aliphatic carbocycles. The van der Waals surface area contributed by atoms with Crippen molar-refractivity contribution in [1.29, 1.82) is 5.26 Å². The first-order chi connectivity index (χ1) is 8.28. The Balaban J connectivity index is 3.29. The Kier molecular flexibility index (Phi) is 4.39. The molecule has 0 atom stereocenters. The third-order valence-corrected chi connectivity index (χ3v) is 2.66. The van der Waals surface area contributed by atoms with Crippen LogP contribution in [-0.4, -0.2) is 19.4 Å². The molecule has 4 nitrogen and oxygen atoms in total. The van der Waals surface area contributed by atoms with E-state index in [9.17, 15) is 18.0 Å². The monoisotopic (exact) mass is 371 g/mol. The highest BCUT2D eigenvalue weighted by Gasteiger charge is 2.32. The number of nitriles is 1. The fraction of sp³-hybridized carbons (Fsp3) is 0.200. The predicted octanol–water partition coefficient (Wildman–Crippen LogP) is 2.85. The van der Waals surface area contributed by atoms with Crippen molar-refractivity contribution in [3.05, 3.63) is 26.8 Å². The number of hydrogen-bond donors (Lipinski definition) is 0. The summed E-state index contributed by atoms with van der Waals surface area (Å²) in [5.41, 5.74) is -0.330. The van der Waals surface area contributed by atoms with Gasteiger partial charge in [-0.25, -0.2) is 4.79 Å². The van der Waals surface area contributed by atoms with Crippen molar-refractivity contribution in [2.75, 3.05) is 7.11 Å². The summed E-state index contributed by atoms with van der Waals surface area (Å²) in [6, 6.07) is 3.46. The first kappa shape index (κ1) is 14.6. The van der Waals surface area contributed by atoms with E-state index in [1.165, 1.54) is 0 Å². The summed E-state index contributed by atoms with van der Waals surface area (Å²) >= 11 is 1.63. The molecule has 0 amide bonds. The number of carbonyl (C=O) groups is 1. The van der Waals surface area contributed by atoms with Crippen LogP contribution in [0.4, 0.5) is 13.2 Å². The van der Waals surface area contributed by atoms with E-state index in [2.05, 4.69) is 9.47 Å². The van der Waals surface area contributed by atoms with Gasteiger partial charge in [-0.15, -0.1) is 13.2 Å². The molecule has 0 radical (unpaired) electrons. The molecule has 0 saturated heterocycles. The van der Waals surface area contributed by atoms with Crippen LogP contribution in [0.5, 0.6) is 5.75 Å². The van der Waals surface area contributed by atoms with Crippen LogP contribution in [0.15, 0.2) is 12.1 Å². The van der Waals surface area contributed by atoms with Gasteiger partial charge in [0.15, 0.2) is 0 Å². The zero-order valence-corrected chi connectivity index (χ0v) is 11.0. The van der Waals surface area contributed by atoms with Gasteiger partial charge in [0.25, 0.3) is 0 Å². The molecule has 1 rings (SSSR count). The molecular weight excluding hydrogens is 366 g/mol. The molecule has 96 valence electrons. The van der Waals surface area contributed by atoms with Gasteiger partial charge in [0.1, 0.15) is 11.8 Å². The zero-order chi connectivity index (χ0) is 13.9. The molecule has 0 unspecified atom stereocenters. The smallest absolute Gasteiger partial charge is 0.465 e. The number of benzene rings is 1. The number of halogens is 4. The summed E-state index contributed by atoms with van der Waals surface area (Å²) in [6.07, 6.45) is -4.86. The first-order valence-electron chi connectivity index (χ1n) is 4.36. The summed E-state index contributed by atoms with van der Waals surface area (Å²) in [6.45, 7) is 0. The average Bonchev–Trinajstić information content (AvgIpc) is 2.24. The Morgan fingerprint density at radius 1 is 1.44 bits per heavy atom. The number of esters is 1. The molecule has 0 heterocycles. The fourth-order valence-electron chi connectivity index (χ4n) is 1.17. The fourth-order valence-corrected chi connectivity index (χ4v) is 1.99. The molecule has 0 saturated carbocycles. The largest absolute Gasteiger partial charge is 0.573 e. The summed E-state index contributed by atoms with van der Waals surface area (Å²) in [4.78, 5) is 11.4. The van der Waals surface area contributed by atoms with Crippen molar-refractivity contribution >= 4 is 28.6 Å². The second-order valence-corrected chi connectivity index (χ2v) is 4.14. The minimum Gasteiger partial charge on any atom is -0.465 e. The maximum Gasteiger partial charge on any atom is 0.573 e. The molecule has 0 aliphatic rings. The lowest BCUT2D eigenvalue weighted by Gasteiger charge is -2.11. The summed E-state index contributed by atoms with van der Waals surface area (Å²) in [5.74, 6) is -1.36. The van der Waals surface area contributed by atoms with Gasteiger partial charge in [0.05, 0.1) is 18.2 Å². The third-order valence-electron chi connectivity index (χ3n) is 1.81. The van der Waals surface area contributed by atoms with E-state index in [0.29, 0.717) is 0 Å². The van der Waals surface area contributed by atoms with E-state index in [1.807, 2.05) is 0 Å². The van der Waals surface area contributed by atoms with Gasteiger partial charge in [0.2, 0.25) is 0 Å². The van der Waals surface area contributed by atoms with Crippen molar-refractivity contribution in [1.82, 2.24) is 0 Å². The number of carbonyl (C=O) groups excluding carboxylic acids is 1. The molecule has 8 heteroatoms. The quantitative estimate of drug-likeness (QED) is 0.593. The molecule has 0 fully saturated rings. The van der Waals surface area contributed by atoms with Gasteiger partial charge in [0, 0.05) is 3.57 Å². The predicted molar refractivity (Wildman–Crippen MR) is 61.9 cm³/mol.